The molecule has 2 saturated heterocycles. The highest BCUT2D eigenvalue weighted by Crippen LogP contribution is 2.45. The summed E-state index contributed by atoms with van der Waals surface area (Å²) in [6, 6.07) is 0.365. The molecule has 1 aromatic heterocycles. The minimum Gasteiger partial charge on any atom is -0.481 e. The molecule has 63 heavy (non-hydrogen) atoms. The fourth-order valence-electron chi connectivity index (χ4n) is 11.2. The van der Waals surface area contributed by atoms with Gasteiger partial charge in [0.2, 0.25) is 17.8 Å². The van der Waals surface area contributed by atoms with E-state index in [1.54, 1.807) is 0 Å². The van der Waals surface area contributed by atoms with Gasteiger partial charge in [0.05, 0.1) is 13.2 Å². The molecular formula is C51H98N8O4. The summed E-state index contributed by atoms with van der Waals surface area (Å²) in [4.78, 5) is 39.5. The van der Waals surface area contributed by atoms with Gasteiger partial charge in [0, 0.05) is 47.2 Å². The smallest absolute Gasteiger partial charge is 0.303 e. The molecule has 0 aliphatic carbocycles. The highest BCUT2D eigenvalue weighted by atomic mass is 16.7. The summed E-state index contributed by atoms with van der Waals surface area (Å²) in [6.07, 6.45) is 25.8. The maximum Gasteiger partial charge on any atom is 0.303 e. The van der Waals surface area contributed by atoms with Gasteiger partial charge in [-0.15, -0.1) is 0 Å². The number of carbonyl (C=O) groups is 1. The third kappa shape index (κ3) is 18.9. The van der Waals surface area contributed by atoms with Gasteiger partial charge < -0.3 is 21.1 Å². The van der Waals surface area contributed by atoms with Crippen LogP contribution in [0, 0.1) is 11.8 Å². The number of hydrogen-bond donors (Lipinski definition) is 4. The number of hydrogen-bond acceptors (Lipinski definition) is 11. The minimum atomic E-state index is -0.744. The lowest BCUT2D eigenvalue weighted by atomic mass is 9.71. The van der Waals surface area contributed by atoms with E-state index >= 15 is 0 Å². The number of unbranched alkanes of at least 4 members (excludes halogenated alkanes) is 12. The molecular weight excluding hydrogens is 789 g/mol. The molecule has 0 bridgehead atoms. The van der Waals surface area contributed by atoms with Crippen LogP contribution in [0.15, 0.2) is 0 Å². The van der Waals surface area contributed by atoms with Gasteiger partial charge in [0.1, 0.15) is 0 Å². The quantitative estimate of drug-likeness (QED) is 0.0500. The lowest BCUT2D eigenvalue weighted by Gasteiger charge is -2.55. The Hall–Kier alpha value is -2.28. The fraction of sp³-hybridized carbons (Fsp3) is 0.922. The SMILES string of the molecule is CCCCCCCCON1C(C)(C)CC(C(CCC)Nc2nc(NCCCCCC(=O)O)nc(NC(CCC)C3CC(C)(C)N(OCCCCCCCC)C(C)(C)C3)n2)CC1(C)C. The van der Waals surface area contributed by atoms with Crippen molar-refractivity contribution in [1.29, 1.82) is 0 Å². The lowest BCUT2D eigenvalue weighted by Crippen LogP contribution is -2.62. The number of carboxylic acid groups (broad SMARTS) is 1. The van der Waals surface area contributed by atoms with Crippen LogP contribution in [-0.2, 0) is 14.5 Å². The van der Waals surface area contributed by atoms with Gasteiger partial charge in [-0.2, -0.15) is 25.1 Å². The lowest BCUT2D eigenvalue weighted by molar-refractivity contribution is -0.289. The Morgan fingerprint density at radius 3 is 1.30 bits per heavy atom. The zero-order valence-corrected chi connectivity index (χ0v) is 42.8. The summed E-state index contributed by atoms with van der Waals surface area (Å²) < 4.78 is 0. The molecule has 366 valence electrons. The third-order valence-corrected chi connectivity index (χ3v) is 13.6. The molecule has 0 amide bonds. The maximum absolute atomic E-state index is 11.1. The minimum absolute atomic E-state index is 0.134. The predicted octanol–water partition coefficient (Wildman–Crippen LogP) is 13.2. The molecule has 0 aromatic carbocycles. The molecule has 2 aliphatic rings. The van der Waals surface area contributed by atoms with Crippen LogP contribution in [0.25, 0.3) is 0 Å². The van der Waals surface area contributed by atoms with Crippen LogP contribution in [0.2, 0.25) is 0 Å². The number of carboxylic acids is 1. The van der Waals surface area contributed by atoms with Crippen molar-refractivity contribution in [2.45, 2.75) is 271 Å². The van der Waals surface area contributed by atoms with Crippen molar-refractivity contribution in [2.75, 3.05) is 35.7 Å². The van der Waals surface area contributed by atoms with Crippen LogP contribution in [0.3, 0.4) is 0 Å². The van der Waals surface area contributed by atoms with Gasteiger partial charge in [-0.05, 0) is 131 Å². The molecule has 12 nitrogen and oxygen atoms in total. The summed E-state index contributed by atoms with van der Waals surface area (Å²) in [7, 11) is 0. The predicted molar refractivity (Wildman–Crippen MR) is 263 cm³/mol. The zero-order chi connectivity index (χ0) is 46.5. The second-order valence-electron chi connectivity index (χ2n) is 21.9. The Balaban J connectivity index is 1.82. The van der Waals surface area contributed by atoms with Gasteiger partial charge in [-0.25, -0.2) is 0 Å². The van der Waals surface area contributed by atoms with Crippen LogP contribution in [0.5, 0.6) is 0 Å². The van der Waals surface area contributed by atoms with Gasteiger partial charge in [0.15, 0.2) is 0 Å². The Morgan fingerprint density at radius 2 is 0.921 bits per heavy atom. The highest BCUT2D eigenvalue weighted by molar-refractivity contribution is 5.66. The number of piperidine rings is 2. The summed E-state index contributed by atoms with van der Waals surface area (Å²) in [5, 5.41) is 25.0. The molecule has 4 N–H and O–H groups in total. The molecule has 1 aromatic rings. The van der Waals surface area contributed by atoms with E-state index < -0.39 is 5.97 Å². The maximum atomic E-state index is 11.1. The number of aromatic nitrogens is 3. The number of anilines is 3. The highest BCUT2D eigenvalue weighted by Gasteiger charge is 2.49. The van der Waals surface area contributed by atoms with E-state index in [1.807, 2.05) is 0 Å². The first kappa shape index (κ1) is 55.1. The van der Waals surface area contributed by atoms with Crippen molar-refractivity contribution in [1.82, 2.24) is 25.1 Å². The second kappa shape index (κ2) is 27.4. The van der Waals surface area contributed by atoms with E-state index in [-0.39, 0.29) is 40.7 Å². The zero-order valence-electron chi connectivity index (χ0n) is 42.8. The molecule has 2 fully saturated rings. The monoisotopic (exact) mass is 887 g/mol. The molecule has 2 atom stereocenters. The Morgan fingerprint density at radius 1 is 0.556 bits per heavy atom. The summed E-state index contributed by atoms with van der Waals surface area (Å²) >= 11 is 0. The first-order chi connectivity index (χ1) is 29.9. The van der Waals surface area contributed by atoms with E-state index in [2.05, 4.69) is 109 Å². The fourth-order valence-corrected chi connectivity index (χ4v) is 11.2. The van der Waals surface area contributed by atoms with Crippen LogP contribution in [0.1, 0.15) is 237 Å². The molecule has 0 saturated carbocycles. The average Bonchev–Trinajstić information content (AvgIpc) is 3.18. The number of rotatable bonds is 33. The van der Waals surface area contributed by atoms with Crippen molar-refractivity contribution in [3.05, 3.63) is 0 Å². The molecule has 3 rings (SSSR count). The van der Waals surface area contributed by atoms with Crippen molar-refractivity contribution in [3.8, 4) is 0 Å². The van der Waals surface area contributed by atoms with E-state index in [0.29, 0.717) is 42.6 Å². The molecule has 2 unspecified atom stereocenters. The Kier molecular flexibility index (Phi) is 23.9. The van der Waals surface area contributed by atoms with Crippen LogP contribution < -0.4 is 16.0 Å². The first-order valence-electron chi connectivity index (χ1n) is 26.0. The van der Waals surface area contributed by atoms with Gasteiger partial charge >= 0.3 is 5.97 Å². The van der Waals surface area contributed by atoms with Gasteiger partial charge in [0.25, 0.3) is 0 Å². The van der Waals surface area contributed by atoms with Crippen molar-refractivity contribution < 1.29 is 19.6 Å². The van der Waals surface area contributed by atoms with Crippen molar-refractivity contribution in [2.24, 2.45) is 11.8 Å². The van der Waals surface area contributed by atoms with E-state index in [9.17, 15) is 4.79 Å². The standard InChI is InChI=1S/C51H98N8O4/c1-13-17-19-21-23-28-34-62-58-48(5,6)36-40(37-49(58,7)8)42(30-15-3)53-46-55-45(52-33-27-25-26-32-44(60)61)56-47(57-46)54-43(31-16-4)41-38-50(9,10)59(51(11,12)39-41)63-35-29-24-22-20-18-14-2/h40-43H,13-39H2,1-12H3,(H,60,61)(H3,52,53,54,55,56,57). The van der Waals surface area contributed by atoms with E-state index in [4.69, 9.17) is 29.7 Å². The van der Waals surface area contributed by atoms with Crippen molar-refractivity contribution >= 4 is 23.8 Å². The number of hydroxylamine groups is 4. The second-order valence-corrected chi connectivity index (χ2v) is 21.9. The summed E-state index contributed by atoms with van der Waals surface area (Å²) in [6.45, 7) is 30.0. The molecule has 0 radical (unpaired) electrons. The number of nitrogens with one attached hydrogen (secondary N) is 3. The molecule has 12 heteroatoms. The van der Waals surface area contributed by atoms with E-state index in [1.165, 1.54) is 64.2 Å². The molecule has 2 aliphatic heterocycles. The normalized spacial score (nSPS) is 20.1. The topological polar surface area (TPSA) is 137 Å². The molecule has 3 heterocycles. The Bertz CT molecular complexity index is 1300. The van der Waals surface area contributed by atoms with Crippen LogP contribution in [-0.4, -0.2) is 90.2 Å². The third-order valence-electron chi connectivity index (χ3n) is 13.6. The number of nitrogens with zero attached hydrogens (tertiary/aromatic N) is 5. The van der Waals surface area contributed by atoms with Crippen molar-refractivity contribution in [3.63, 3.8) is 0 Å². The average molecular weight is 887 g/mol. The Labute approximate surface area is 386 Å². The molecule has 0 spiro atoms. The van der Waals surface area contributed by atoms with E-state index in [0.717, 1.165) is 90.3 Å². The van der Waals surface area contributed by atoms with Crippen LogP contribution in [0.4, 0.5) is 17.8 Å². The number of aliphatic carboxylic acids is 1. The van der Waals surface area contributed by atoms with Gasteiger partial charge in [-0.1, -0.05) is 111 Å². The largest absolute Gasteiger partial charge is 0.481 e. The van der Waals surface area contributed by atoms with Crippen LogP contribution >= 0.6 is 0 Å². The first-order valence-corrected chi connectivity index (χ1v) is 26.0. The summed E-state index contributed by atoms with van der Waals surface area (Å²) in [5.74, 6) is 1.81. The summed E-state index contributed by atoms with van der Waals surface area (Å²) in [5.41, 5.74) is -0.535. The van der Waals surface area contributed by atoms with Gasteiger partial charge in [-0.3, -0.25) is 14.5 Å².